The Morgan fingerprint density at radius 3 is 2.76 bits per heavy atom. The van der Waals surface area contributed by atoms with Crippen molar-refractivity contribution in [3.63, 3.8) is 0 Å². The summed E-state index contributed by atoms with van der Waals surface area (Å²) in [6.45, 7) is 2.89. The average Bonchev–Trinajstić information content (AvgIpc) is 3.36. The summed E-state index contributed by atoms with van der Waals surface area (Å²) < 4.78 is 18.3. The van der Waals surface area contributed by atoms with E-state index in [0.717, 1.165) is 35.4 Å². The fourth-order valence-electron chi connectivity index (χ4n) is 8.32. The topological polar surface area (TPSA) is 141 Å². The number of nitrogens with zero attached hydrogens (tertiary/aromatic N) is 2. The van der Waals surface area contributed by atoms with Crippen molar-refractivity contribution < 1.29 is 39.4 Å². The van der Waals surface area contributed by atoms with E-state index >= 15 is 0 Å². The van der Waals surface area contributed by atoms with E-state index in [2.05, 4.69) is 11.0 Å². The molecular formula is C27H32N2O8. The first-order chi connectivity index (χ1) is 17.8. The molecule has 5 saturated heterocycles. The second-order valence-electron chi connectivity index (χ2n) is 11.1. The van der Waals surface area contributed by atoms with Crippen molar-refractivity contribution in [2.24, 2.45) is 16.8 Å². The number of aliphatic hydroxyl groups is 4. The average molecular weight is 513 g/mol. The maximum atomic E-state index is 12.4. The van der Waals surface area contributed by atoms with Crippen LogP contribution in [0, 0.1) is 11.8 Å². The first-order valence-corrected chi connectivity index (χ1v) is 13.1. The lowest BCUT2D eigenvalue weighted by molar-refractivity contribution is -0.328. The highest BCUT2D eigenvalue weighted by molar-refractivity contribution is 6.08. The van der Waals surface area contributed by atoms with Gasteiger partial charge in [-0.3, -0.25) is 14.7 Å². The lowest BCUT2D eigenvalue weighted by atomic mass is 9.66. The van der Waals surface area contributed by atoms with Crippen LogP contribution >= 0.6 is 0 Å². The van der Waals surface area contributed by atoms with E-state index in [1.807, 2.05) is 31.2 Å². The van der Waals surface area contributed by atoms with Crippen LogP contribution < -0.4 is 0 Å². The van der Waals surface area contributed by atoms with Crippen molar-refractivity contribution in [3.05, 3.63) is 41.5 Å². The second kappa shape index (κ2) is 8.16. The van der Waals surface area contributed by atoms with Crippen LogP contribution in [0.25, 0.3) is 0 Å². The standard InChI is InChI=1S/C27H32N2O8/c1-3-12-13-8-16-23-27(14-6-4-5-7-15(14)28-23)9-17(19(13)24(27)35-11(2)31)29(16)25(12)37-26-22(34)21(33)20(32)18(10-30)36-26/h3-7,13,16-22,24-26,30,32-34H,8-10H2,1-2H3/t13-,16-,17-,18+,19-,20-,21-,22+,24+,25+,26+,27+/m0/s1. The highest BCUT2D eigenvalue weighted by Gasteiger charge is 2.75. The van der Waals surface area contributed by atoms with Gasteiger partial charge in [0.25, 0.3) is 0 Å². The molecule has 37 heavy (non-hydrogen) atoms. The van der Waals surface area contributed by atoms with Gasteiger partial charge in [0.15, 0.2) is 6.29 Å². The quantitative estimate of drug-likeness (QED) is 0.327. The molecule has 0 amide bonds. The minimum Gasteiger partial charge on any atom is -0.461 e. The van der Waals surface area contributed by atoms with Gasteiger partial charge in [0.05, 0.1) is 29.5 Å². The molecule has 10 heteroatoms. The summed E-state index contributed by atoms with van der Waals surface area (Å²) in [5, 5.41) is 40.9. The molecule has 5 bridgehead atoms. The number of piperidine rings is 4. The smallest absolute Gasteiger partial charge is 0.302 e. The van der Waals surface area contributed by atoms with E-state index in [9.17, 15) is 25.2 Å². The van der Waals surface area contributed by atoms with E-state index in [0.29, 0.717) is 0 Å². The van der Waals surface area contributed by atoms with Crippen LogP contribution in [0.3, 0.4) is 0 Å². The van der Waals surface area contributed by atoms with Gasteiger partial charge in [-0.05, 0) is 42.9 Å². The molecule has 1 aromatic carbocycles. The molecule has 0 aromatic heterocycles. The molecule has 1 unspecified atom stereocenters. The van der Waals surface area contributed by atoms with Crippen LogP contribution in [0.1, 0.15) is 32.3 Å². The number of rotatable bonds is 4. The largest absolute Gasteiger partial charge is 0.461 e. The number of benzene rings is 1. The van der Waals surface area contributed by atoms with Crippen LogP contribution in [-0.2, 0) is 24.4 Å². The number of esters is 1. The molecule has 10 nitrogen and oxygen atoms in total. The molecule has 6 aliphatic heterocycles. The van der Waals surface area contributed by atoms with E-state index < -0.39 is 49.0 Å². The van der Waals surface area contributed by atoms with Crippen molar-refractivity contribution in [2.75, 3.05) is 6.61 Å². The number of aliphatic imine (C=N–C) groups is 1. The molecule has 0 radical (unpaired) electrons. The van der Waals surface area contributed by atoms with Gasteiger partial charge >= 0.3 is 5.97 Å². The van der Waals surface area contributed by atoms with Crippen LogP contribution in [0.15, 0.2) is 40.9 Å². The highest BCUT2D eigenvalue weighted by atomic mass is 16.7. The van der Waals surface area contributed by atoms with Gasteiger partial charge in [0.1, 0.15) is 36.7 Å². The summed E-state index contributed by atoms with van der Waals surface area (Å²) in [6.07, 6.45) is -4.07. The molecule has 1 aliphatic carbocycles. The van der Waals surface area contributed by atoms with Crippen molar-refractivity contribution >= 4 is 17.4 Å². The number of hydrogen-bond acceptors (Lipinski definition) is 10. The van der Waals surface area contributed by atoms with Gasteiger partial charge in [0.2, 0.25) is 0 Å². The maximum Gasteiger partial charge on any atom is 0.302 e. The zero-order valence-electron chi connectivity index (χ0n) is 20.7. The zero-order chi connectivity index (χ0) is 25.8. The van der Waals surface area contributed by atoms with Crippen LogP contribution in [0.5, 0.6) is 0 Å². The summed E-state index contributed by atoms with van der Waals surface area (Å²) >= 11 is 0. The van der Waals surface area contributed by atoms with Gasteiger partial charge in [-0.1, -0.05) is 24.3 Å². The Morgan fingerprint density at radius 2 is 2.03 bits per heavy atom. The number of allylic oxidation sites excluding steroid dienone is 1. The van der Waals surface area contributed by atoms with Gasteiger partial charge in [-0.15, -0.1) is 0 Å². The first-order valence-electron chi connectivity index (χ1n) is 13.1. The molecule has 8 rings (SSSR count). The number of ether oxygens (including phenoxy) is 3. The van der Waals surface area contributed by atoms with Gasteiger partial charge < -0.3 is 34.6 Å². The zero-order valence-corrected chi connectivity index (χ0v) is 20.7. The molecular weight excluding hydrogens is 480 g/mol. The summed E-state index contributed by atoms with van der Waals surface area (Å²) in [5.74, 6) is -0.176. The van der Waals surface area contributed by atoms with Gasteiger partial charge in [-0.25, -0.2) is 0 Å². The highest BCUT2D eigenvalue weighted by Crippen LogP contribution is 2.67. The minimum absolute atomic E-state index is 0.0495. The number of hydrogen-bond donors (Lipinski definition) is 4. The Kier molecular flexibility index (Phi) is 5.27. The third kappa shape index (κ3) is 2.95. The van der Waals surface area contributed by atoms with Crippen molar-refractivity contribution in [1.29, 1.82) is 0 Å². The first kappa shape index (κ1) is 23.9. The SMILES string of the molecule is CC=C1[C@@H](O[C@H]2O[C@H](CO)[C@H](O)[C@H](O)[C@H]2O)N2[C@H]3C[C@@H]1[C@@H]1[C@@H](OC(C)=O)[C@@]4(C[C@@H]12)C3=Nc1ccccc14. The van der Waals surface area contributed by atoms with Crippen molar-refractivity contribution in [1.82, 2.24) is 4.90 Å². The second-order valence-corrected chi connectivity index (χ2v) is 11.1. The van der Waals surface area contributed by atoms with E-state index in [-0.39, 0.29) is 36.0 Å². The molecule has 4 N–H and O–H groups in total. The molecule has 13 atom stereocenters. The Balaban J connectivity index is 1.30. The maximum absolute atomic E-state index is 12.4. The third-order valence-electron chi connectivity index (χ3n) is 9.62. The molecule has 198 valence electrons. The lowest BCUT2D eigenvalue weighted by Gasteiger charge is -2.59. The Morgan fingerprint density at radius 1 is 1.24 bits per heavy atom. The summed E-state index contributed by atoms with van der Waals surface area (Å²) in [4.78, 5) is 19.8. The normalized spacial score (nSPS) is 49.7. The van der Waals surface area contributed by atoms with Crippen LogP contribution in [-0.4, -0.2) is 98.7 Å². The Labute approximate surface area is 214 Å². The molecule has 1 saturated carbocycles. The predicted molar refractivity (Wildman–Crippen MR) is 129 cm³/mol. The minimum atomic E-state index is -1.52. The fourth-order valence-corrected chi connectivity index (χ4v) is 8.32. The van der Waals surface area contributed by atoms with Crippen LogP contribution in [0.4, 0.5) is 5.69 Å². The summed E-state index contributed by atoms with van der Waals surface area (Å²) in [7, 11) is 0. The molecule has 1 aromatic rings. The van der Waals surface area contributed by atoms with E-state index in [1.165, 1.54) is 6.92 Å². The monoisotopic (exact) mass is 512 g/mol. The number of aliphatic hydroxyl groups excluding tert-OH is 4. The van der Waals surface area contributed by atoms with Gasteiger partial charge in [0, 0.05) is 18.9 Å². The van der Waals surface area contributed by atoms with Crippen molar-refractivity contribution in [3.8, 4) is 0 Å². The van der Waals surface area contributed by atoms with E-state index in [1.54, 1.807) is 0 Å². The molecule has 6 heterocycles. The number of fused-ring (bicyclic) bond motifs is 2. The predicted octanol–water partition coefficient (Wildman–Crippen LogP) is 0.137. The Hall–Kier alpha value is -2.18. The third-order valence-corrected chi connectivity index (χ3v) is 9.62. The molecule has 6 fully saturated rings. The fraction of sp³-hybridized carbons (Fsp3) is 0.630. The number of carbonyl (C=O) groups is 1. The summed E-state index contributed by atoms with van der Waals surface area (Å²) in [5.41, 5.74) is 3.57. The molecule has 1 spiro atoms. The van der Waals surface area contributed by atoms with Gasteiger partial charge in [-0.2, -0.15) is 0 Å². The molecule has 7 aliphatic rings. The van der Waals surface area contributed by atoms with E-state index in [4.69, 9.17) is 19.2 Å². The van der Waals surface area contributed by atoms with Crippen molar-refractivity contribution in [2.45, 2.75) is 87.2 Å². The Bertz CT molecular complexity index is 1200. The van der Waals surface area contributed by atoms with Crippen LogP contribution in [0.2, 0.25) is 0 Å². The summed E-state index contributed by atoms with van der Waals surface area (Å²) in [6, 6.07) is 8.10. The number of carbonyl (C=O) groups excluding carboxylic acids is 1. The number of para-hydroxylation sites is 1. The lowest BCUT2D eigenvalue weighted by Crippen LogP contribution is -2.70.